The zero-order valence-corrected chi connectivity index (χ0v) is 27.7. The van der Waals surface area contributed by atoms with Gasteiger partial charge in [0, 0.05) is 75.7 Å². The maximum atomic E-state index is 12.6. The first-order valence-corrected chi connectivity index (χ1v) is 17.3. The van der Waals surface area contributed by atoms with E-state index >= 15 is 0 Å². The van der Waals surface area contributed by atoms with Crippen molar-refractivity contribution in [1.29, 1.82) is 0 Å². The molecule has 3 saturated heterocycles. The van der Waals surface area contributed by atoms with E-state index in [4.69, 9.17) is 4.98 Å². The Hall–Kier alpha value is -1.60. The highest BCUT2D eigenvalue weighted by Crippen LogP contribution is 2.32. The predicted octanol–water partition coefficient (Wildman–Crippen LogP) is 6.33. The van der Waals surface area contributed by atoms with Crippen molar-refractivity contribution in [2.24, 2.45) is 17.8 Å². The average molecular weight is 571 g/mol. The number of imidazole rings is 1. The van der Waals surface area contributed by atoms with Gasteiger partial charge in [-0.15, -0.1) is 0 Å². The Morgan fingerprint density at radius 2 is 1.44 bits per heavy atom. The summed E-state index contributed by atoms with van der Waals surface area (Å²) >= 11 is 0. The fraction of sp³-hybridized carbons (Fsp3) is 0.882. The summed E-state index contributed by atoms with van der Waals surface area (Å²) in [5.41, 5.74) is 1.49. The second-order valence-electron chi connectivity index (χ2n) is 14.1. The first-order valence-electron chi connectivity index (χ1n) is 17.3. The van der Waals surface area contributed by atoms with E-state index in [0.29, 0.717) is 18.0 Å². The number of piperidine rings is 2. The highest BCUT2D eigenvalue weighted by Gasteiger charge is 2.30. The lowest BCUT2D eigenvalue weighted by Crippen LogP contribution is -2.55. The molecular weight excluding hydrogens is 508 g/mol. The summed E-state index contributed by atoms with van der Waals surface area (Å²) in [6.45, 7) is 25.5. The molecule has 0 bridgehead atoms. The van der Waals surface area contributed by atoms with E-state index < -0.39 is 0 Å². The number of piperazine rings is 1. The minimum atomic E-state index is 0.279. The van der Waals surface area contributed by atoms with Gasteiger partial charge in [-0.2, -0.15) is 0 Å². The van der Waals surface area contributed by atoms with Gasteiger partial charge in [-0.1, -0.05) is 34.1 Å². The van der Waals surface area contributed by atoms with Gasteiger partial charge in [0.15, 0.2) is 0 Å². The number of urea groups is 1. The van der Waals surface area contributed by atoms with Gasteiger partial charge in [-0.25, -0.2) is 9.78 Å². The molecule has 3 fully saturated rings. The zero-order chi connectivity index (χ0) is 29.5. The van der Waals surface area contributed by atoms with Crippen LogP contribution in [0.15, 0.2) is 6.20 Å². The molecule has 0 radical (unpaired) electrons. The fourth-order valence-corrected chi connectivity index (χ4v) is 7.48. The molecule has 7 heteroatoms. The summed E-state index contributed by atoms with van der Waals surface area (Å²) < 4.78 is 2.54. The maximum absolute atomic E-state index is 12.6. The molecule has 0 spiro atoms. The molecule has 2 amide bonds. The topological polar surface area (TPSA) is 47.9 Å². The third-order valence-electron chi connectivity index (χ3n) is 11.0. The van der Waals surface area contributed by atoms with Crippen LogP contribution in [0, 0.1) is 17.8 Å². The Bertz CT molecular complexity index is 920. The van der Waals surface area contributed by atoms with Crippen LogP contribution in [0.1, 0.15) is 111 Å². The molecule has 5 heterocycles. The van der Waals surface area contributed by atoms with Crippen LogP contribution in [0.4, 0.5) is 4.79 Å². The monoisotopic (exact) mass is 570 g/mol. The van der Waals surface area contributed by atoms with E-state index in [0.717, 1.165) is 57.0 Å². The van der Waals surface area contributed by atoms with Crippen molar-refractivity contribution in [2.75, 3.05) is 52.4 Å². The number of aromatic nitrogens is 2. The number of nitrogens with zero attached hydrogens (tertiary/aromatic N) is 6. The molecule has 2 unspecified atom stereocenters. The lowest BCUT2D eigenvalue weighted by atomic mass is 9.87. The van der Waals surface area contributed by atoms with E-state index in [1.54, 1.807) is 0 Å². The van der Waals surface area contributed by atoms with Crippen LogP contribution in [0.25, 0.3) is 0 Å². The van der Waals surface area contributed by atoms with Crippen molar-refractivity contribution in [1.82, 2.24) is 29.2 Å². The van der Waals surface area contributed by atoms with Gasteiger partial charge in [0.05, 0.1) is 0 Å². The predicted molar refractivity (Wildman–Crippen MR) is 170 cm³/mol. The summed E-state index contributed by atoms with van der Waals surface area (Å²) in [5.74, 6) is 4.52. The molecular formula is C34H62N6O. The number of hydrogen-bond acceptors (Lipinski definition) is 4. The molecule has 0 aliphatic carbocycles. The third-order valence-corrected chi connectivity index (χ3v) is 11.0. The molecule has 5 rings (SSSR count). The third kappa shape index (κ3) is 8.28. The van der Waals surface area contributed by atoms with Gasteiger partial charge in [0.2, 0.25) is 0 Å². The summed E-state index contributed by atoms with van der Waals surface area (Å²) in [4.78, 5) is 26.7. The summed E-state index contributed by atoms with van der Waals surface area (Å²) in [6, 6.07) is 1.61. The second kappa shape index (κ2) is 15.2. The minimum absolute atomic E-state index is 0.279. The number of amides is 2. The molecule has 234 valence electrons. The lowest BCUT2D eigenvalue weighted by Gasteiger charge is -2.41. The van der Waals surface area contributed by atoms with E-state index in [1.807, 2.05) is 0 Å². The number of likely N-dealkylation sites (tertiary alicyclic amines) is 2. The van der Waals surface area contributed by atoms with Gasteiger partial charge in [-0.05, 0) is 96.6 Å². The maximum Gasteiger partial charge on any atom is 0.320 e. The molecule has 0 aromatic carbocycles. The summed E-state index contributed by atoms with van der Waals surface area (Å²) in [6.07, 6.45) is 12.2. The Kier molecular flexibility index (Phi) is 12.0. The van der Waals surface area contributed by atoms with Gasteiger partial charge >= 0.3 is 6.03 Å². The molecule has 4 aliphatic rings. The molecule has 2 atom stereocenters. The molecule has 0 saturated carbocycles. The second-order valence-corrected chi connectivity index (χ2v) is 14.1. The number of rotatable bonds is 6. The average Bonchev–Trinajstić information content (AvgIpc) is 3.44. The van der Waals surface area contributed by atoms with Crippen LogP contribution in [0.2, 0.25) is 0 Å². The lowest BCUT2D eigenvalue weighted by molar-refractivity contribution is 0.0831. The molecule has 1 aromatic heterocycles. The van der Waals surface area contributed by atoms with Gasteiger partial charge in [-0.3, -0.25) is 4.90 Å². The van der Waals surface area contributed by atoms with Crippen molar-refractivity contribution in [3.05, 3.63) is 17.7 Å². The summed E-state index contributed by atoms with van der Waals surface area (Å²) in [5, 5.41) is 0. The largest absolute Gasteiger partial charge is 0.332 e. The van der Waals surface area contributed by atoms with E-state index in [-0.39, 0.29) is 6.03 Å². The van der Waals surface area contributed by atoms with Crippen LogP contribution in [0.5, 0.6) is 0 Å². The Morgan fingerprint density at radius 1 is 0.805 bits per heavy atom. The molecule has 1 aromatic rings. The Labute approximate surface area is 252 Å². The molecule has 4 aliphatic heterocycles. The summed E-state index contributed by atoms with van der Waals surface area (Å²) in [7, 11) is 0. The van der Waals surface area contributed by atoms with Crippen LogP contribution >= 0.6 is 0 Å². The van der Waals surface area contributed by atoms with Gasteiger partial charge < -0.3 is 19.3 Å². The number of carbonyl (C=O) groups excluding carboxylic acids is 1. The fourth-order valence-electron chi connectivity index (χ4n) is 7.48. The highest BCUT2D eigenvalue weighted by molar-refractivity contribution is 5.74. The van der Waals surface area contributed by atoms with E-state index in [2.05, 4.69) is 78.8 Å². The Morgan fingerprint density at radius 3 is 2.00 bits per heavy atom. The van der Waals surface area contributed by atoms with Crippen LogP contribution < -0.4 is 0 Å². The Balaban J connectivity index is 0.000000189. The van der Waals surface area contributed by atoms with Gasteiger partial charge in [0.1, 0.15) is 5.82 Å². The highest BCUT2D eigenvalue weighted by atomic mass is 16.2. The SMILES string of the molecule is CCC(C)N1CCN(C(=O)N2CCC(C(C)C)CC2)CC1.CCC1CCn2c(cnc2C2CCN(C(C)C)CC2)C1. The van der Waals surface area contributed by atoms with Crippen LogP contribution in [-0.2, 0) is 13.0 Å². The quantitative estimate of drug-likeness (QED) is 0.401. The smallest absolute Gasteiger partial charge is 0.320 e. The number of fused-ring (bicyclic) bond motifs is 1. The number of hydrogen-bond donors (Lipinski definition) is 0. The standard InChI is InChI=1S/C17H33N3O.C17H29N3/c1-5-15(4)18-10-12-20(13-11-18)17(21)19-8-6-16(7-9-19)14(2)3;1-4-14-5-10-20-16(11-14)12-18-17(20)15-6-8-19(9-7-15)13(2)3/h14-16H,5-13H2,1-4H3;12-15H,4-11H2,1-3H3. The van der Waals surface area contributed by atoms with E-state index in [9.17, 15) is 4.79 Å². The minimum Gasteiger partial charge on any atom is -0.332 e. The first kappa shape index (κ1) is 32.3. The van der Waals surface area contributed by atoms with Crippen molar-refractivity contribution in [3.8, 4) is 0 Å². The molecule has 0 N–H and O–H groups in total. The normalized spacial score (nSPS) is 24.4. The van der Waals surface area contributed by atoms with Crippen LogP contribution in [-0.4, -0.2) is 99.6 Å². The molecule has 7 nitrogen and oxygen atoms in total. The van der Waals surface area contributed by atoms with Crippen LogP contribution in [0.3, 0.4) is 0 Å². The van der Waals surface area contributed by atoms with Crippen molar-refractivity contribution in [2.45, 2.75) is 124 Å². The van der Waals surface area contributed by atoms with Gasteiger partial charge in [0.25, 0.3) is 0 Å². The number of carbonyl (C=O) groups is 1. The van der Waals surface area contributed by atoms with Crippen molar-refractivity contribution < 1.29 is 4.79 Å². The molecule has 41 heavy (non-hydrogen) atoms. The van der Waals surface area contributed by atoms with Crippen molar-refractivity contribution >= 4 is 6.03 Å². The first-order chi connectivity index (χ1) is 19.7. The van der Waals surface area contributed by atoms with Crippen molar-refractivity contribution in [3.63, 3.8) is 0 Å². The zero-order valence-electron chi connectivity index (χ0n) is 27.7. The van der Waals surface area contributed by atoms with E-state index in [1.165, 1.54) is 82.5 Å².